The molecule has 36 heavy (non-hydrogen) atoms. The van der Waals surface area contributed by atoms with Crippen molar-refractivity contribution >= 4 is 28.3 Å². The molecule has 1 amide bonds. The van der Waals surface area contributed by atoms with Crippen molar-refractivity contribution in [2.24, 2.45) is 0 Å². The van der Waals surface area contributed by atoms with Gasteiger partial charge >= 0.3 is 6.18 Å². The number of nitrogens with zero attached hydrogens (tertiary/aromatic N) is 4. The first kappa shape index (κ1) is 24.2. The number of likely N-dealkylation sites (tertiary alicyclic amines) is 1. The summed E-state index contributed by atoms with van der Waals surface area (Å²) in [5, 5.41) is 6.07. The van der Waals surface area contributed by atoms with E-state index in [0.717, 1.165) is 62.3 Å². The van der Waals surface area contributed by atoms with E-state index in [4.69, 9.17) is 5.73 Å². The van der Waals surface area contributed by atoms with Gasteiger partial charge in [-0.15, -0.1) is 0 Å². The summed E-state index contributed by atoms with van der Waals surface area (Å²) in [7, 11) is 0. The Kier molecular flexibility index (Phi) is 6.65. The highest BCUT2D eigenvalue weighted by atomic mass is 19.4. The van der Waals surface area contributed by atoms with Crippen LogP contribution in [0.1, 0.15) is 42.9 Å². The van der Waals surface area contributed by atoms with Gasteiger partial charge in [-0.1, -0.05) is 0 Å². The molecule has 190 valence electrons. The third-order valence-corrected chi connectivity index (χ3v) is 7.12. The van der Waals surface area contributed by atoms with Gasteiger partial charge in [0.15, 0.2) is 0 Å². The molecule has 1 aliphatic carbocycles. The first-order chi connectivity index (χ1) is 17.3. The van der Waals surface area contributed by atoms with Gasteiger partial charge in [0.2, 0.25) is 5.91 Å². The molecular formula is C25H28F3N7O. The lowest BCUT2D eigenvalue weighted by Crippen LogP contribution is -2.63. The van der Waals surface area contributed by atoms with Gasteiger partial charge < -0.3 is 16.4 Å². The number of carbonyl (C=O) groups is 1. The van der Waals surface area contributed by atoms with Crippen LogP contribution >= 0.6 is 0 Å². The molecule has 0 bridgehead atoms. The first-order valence-corrected chi connectivity index (χ1v) is 12.1. The topological polar surface area (TPSA) is 109 Å². The molecule has 2 aliphatic rings. The number of hydrogen-bond donors (Lipinski definition) is 3. The summed E-state index contributed by atoms with van der Waals surface area (Å²) in [5.74, 6) is 0.366. The fourth-order valence-corrected chi connectivity index (χ4v) is 5.20. The lowest BCUT2D eigenvalue weighted by molar-refractivity contribution is -0.137. The highest BCUT2D eigenvalue weighted by Gasteiger charge is 2.36. The van der Waals surface area contributed by atoms with Crippen LogP contribution in [0.3, 0.4) is 0 Å². The molecule has 0 unspecified atom stereocenters. The molecule has 2 aromatic heterocycles. The van der Waals surface area contributed by atoms with Crippen molar-refractivity contribution in [2.75, 3.05) is 30.7 Å². The number of anilines is 2. The maximum Gasteiger partial charge on any atom is 0.416 e. The quantitative estimate of drug-likeness (QED) is 0.476. The van der Waals surface area contributed by atoms with Crippen LogP contribution in [0, 0.1) is 0 Å². The number of pyridine rings is 1. The number of halogens is 3. The van der Waals surface area contributed by atoms with Crippen LogP contribution in [0.15, 0.2) is 42.9 Å². The molecule has 8 nitrogen and oxygen atoms in total. The van der Waals surface area contributed by atoms with Gasteiger partial charge in [-0.3, -0.25) is 14.7 Å². The van der Waals surface area contributed by atoms with E-state index in [0.29, 0.717) is 17.5 Å². The summed E-state index contributed by atoms with van der Waals surface area (Å²) >= 11 is 0. The van der Waals surface area contributed by atoms with E-state index < -0.39 is 11.7 Å². The van der Waals surface area contributed by atoms with Crippen molar-refractivity contribution in [3.05, 3.63) is 54.1 Å². The highest BCUT2D eigenvalue weighted by Crippen LogP contribution is 2.37. The molecule has 1 saturated carbocycles. The Balaban J connectivity index is 1.09. The second-order valence-corrected chi connectivity index (χ2v) is 9.51. The lowest BCUT2D eigenvalue weighted by Gasteiger charge is -2.46. The van der Waals surface area contributed by atoms with Crippen LogP contribution in [-0.4, -0.2) is 57.5 Å². The summed E-state index contributed by atoms with van der Waals surface area (Å²) in [6, 6.07) is 7.58. The van der Waals surface area contributed by atoms with Crippen LogP contribution in [0.25, 0.3) is 10.9 Å². The molecule has 0 spiro atoms. The molecule has 11 heteroatoms. The molecule has 3 heterocycles. The van der Waals surface area contributed by atoms with Gasteiger partial charge in [0.05, 0.1) is 35.0 Å². The first-order valence-electron chi connectivity index (χ1n) is 12.1. The largest absolute Gasteiger partial charge is 0.416 e. The number of rotatable bonds is 6. The Bertz CT molecular complexity index is 1240. The van der Waals surface area contributed by atoms with E-state index in [1.165, 1.54) is 12.4 Å². The summed E-state index contributed by atoms with van der Waals surface area (Å²) in [5.41, 5.74) is 7.44. The molecule has 2 fully saturated rings. The third-order valence-electron chi connectivity index (χ3n) is 7.12. The predicted molar refractivity (Wildman–Crippen MR) is 130 cm³/mol. The van der Waals surface area contributed by atoms with Crippen LogP contribution < -0.4 is 16.4 Å². The van der Waals surface area contributed by atoms with Gasteiger partial charge in [0.25, 0.3) is 0 Å². The van der Waals surface area contributed by atoms with Gasteiger partial charge in [0, 0.05) is 36.6 Å². The number of fused-ring (bicyclic) bond motifs is 1. The molecule has 1 saturated heterocycles. The zero-order chi connectivity index (χ0) is 25.3. The van der Waals surface area contributed by atoms with Crippen LogP contribution in [-0.2, 0) is 11.0 Å². The summed E-state index contributed by atoms with van der Waals surface area (Å²) in [4.78, 5) is 27.4. The zero-order valence-electron chi connectivity index (χ0n) is 19.6. The molecule has 5 rings (SSSR count). The Morgan fingerprint density at radius 3 is 2.58 bits per heavy atom. The molecule has 4 N–H and O–H groups in total. The normalized spacial score (nSPS) is 21.2. The number of nitrogen functional groups attached to an aromatic ring is 1. The van der Waals surface area contributed by atoms with E-state index in [1.807, 2.05) is 12.1 Å². The number of hydrogen-bond acceptors (Lipinski definition) is 7. The van der Waals surface area contributed by atoms with Crippen LogP contribution in [0.5, 0.6) is 0 Å². The van der Waals surface area contributed by atoms with Gasteiger partial charge in [-0.25, -0.2) is 9.97 Å². The smallest absolute Gasteiger partial charge is 0.397 e. The number of carbonyl (C=O) groups excluding carboxylic acids is 1. The van der Waals surface area contributed by atoms with Crippen LogP contribution in [0.2, 0.25) is 0 Å². The van der Waals surface area contributed by atoms with E-state index in [1.54, 1.807) is 6.20 Å². The molecular weight excluding hydrogens is 471 g/mol. The fraction of sp³-hybridized carbons (Fsp3) is 0.440. The van der Waals surface area contributed by atoms with E-state index >= 15 is 0 Å². The van der Waals surface area contributed by atoms with Crippen molar-refractivity contribution < 1.29 is 18.0 Å². The monoisotopic (exact) mass is 499 g/mol. The van der Waals surface area contributed by atoms with Gasteiger partial charge in [0.1, 0.15) is 12.1 Å². The van der Waals surface area contributed by atoms with Crippen molar-refractivity contribution in [3.63, 3.8) is 0 Å². The lowest BCUT2D eigenvalue weighted by atomic mass is 9.81. The minimum atomic E-state index is -4.47. The molecule has 0 atom stereocenters. The van der Waals surface area contributed by atoms with Crippen LogP contribution in [0.4, 0.5) is 24.7 Å². The Morgan fingerprint density at radius 2 is 1.86 bits per heavy atom. The molecule has 1 aromatic carbocycles. The molecule has 3 aromatic rings. The average Bonchev–Trinajstić information content (AvgIpc) is 2.84. The van der Waals surface area contributed by atoms with E-state index in [2.05, 4.69) is 30.5 Å². The molecule has 1 aliphatic heterocycles. The number of aromatic nitrogens is 3. The Hall–Kier alpha value is -3.47. The van der Waals surface area contributed by atoms with Crippen molar-refractivity contribution in [3.8, 4) is 0 Å². The second-order valence-electron chi connectivity index (χ2n) is 9.51. The Morgan fingerprint density at radius 1 is 1.08 bits per heavy atom. The Labute approximate surface area is 206 Å². The number of alkyl halides is 3. The summed E-state index contributed by atoms with van der Waals surface area (Å²) in [6.07, 6.45) is 2.82. The highest BCUT2D eigenvalue weighted by molar-refractivity contribution is 5.91. The average molecular weight is 500 g/mol. The number of nitrogens with two attached hydrogens (primary N) is 1. The number of nitrogens with one attached hydrogen (secondary N) is 2. The third kappa shape index (κ3) is 5.20. The van der Waals surface area contributed by atoms with E-state index in [-0.39, 0.29) is 29.7 Å². The SMILES string of the molecule is Nc1cccnc1C1CCC(N2CC(NC(=O)CNc3ncnc4ccc(C(F)(F)F)cc34)C2)CC1. The fourth-order valence-electron chi connectivity index (χ4n) is 5.20. The minimum absolute atomic E-state index is 0.0578. The number of amides is 1. The van der Waals surface area contributed by atoms with Gasteiger partial charge in [-0.05, 0) is 56.0 Å². The zero-order valence-corrected chi connectivity index (χ0v) is 19.6. The van der Waals surface area contributed by atoms with Crippen molar-refractivity contribution in [1.82, 2.24) is 25.2 Å². The summed E-state index contributed by atoms with van der Waals surface area (Å²) < 4.78 is 39.3. The van der Waals surface area contributed by atoms with Gasteiger partial charge in [-0.2, -0.15) is 13.2 Å². The summed E-state index contributed by atoms with van der Waals surface area (Å²) in [6.45, 7) is 1.49. The van der Waals surface area contributed by atoms with Crippen molar-refractivity contribution in [1.29, 1.82) is 0 Å². The number of benzene rings is 1. The van der Waals surface area contributed by atoms with Crippen molar-refractivity contribution in [2.45, 2.75) is 49.9 Å². The maximum atomic E-state index is 13.1. The maximum absolute atomic E-state index is 13.1. The minimum Gasteiger partial charge on any atom is -0.397 e. The second kappa shape index (κ2) is 9.88. The molecule has 0 radical (unpaired) electrons. The predicted octanol–water partition coefficient (Wildman–Crippen LogP) is 3.56. The standard InChI is InChI=1S/C25H28F3N7O/c26-25(27,28)16-5-8-21-19(10-16)24(33-14-32-21)31-11-22(36)34-17-12-35(13-17)18-6-3-15(4-7-18)23-20(29)2-1-9-30-23/h1-2,5,8-10,14-15,17-18H,3-4,6-7,11-13,29H2,(H,34,36)(H,31,32,33). The van der Waals surface area contributed by atoms with E-state index in [9.17, 15) is 18.0 Å².